The molecular formula is C32H22BrClFN3O4. The average molecular weight is 647 g/mol. The lowest BCUT2D eigenvalue weighted by atomic mass is 10.2. The fraction of sp³-hybridized carbons (Fsp3) is 0.0938. The van der Waals surface area contributed by atoms with Crippen LogP contribution in [0.1, 0.15) is 18.1 Å². The zero-order valence-electron chi connectivity index (χ0n) is 22.2. The van der Waals surface area contributed by atoms with Gasteiger partial charge >= 0.3 is 0 Å². The van der Waals surface area contributed by atoms with E-state index in [9.17, 15) is 9.18 Å². The van der Waals surface area contributed by atoms with E-state index < -0.39 is 0 Å². The van der Waals surface area contributed by atoms with E-state index in [0.29, 0.717) is 45.7 Å². The van der Waals surface area contributed by atoms with Crippen LogP contribution < -0.4 is 15.0 Å². The fourth-order valence-electron chi connectivity index (χ4n) is 4.47. The highest BCUT2D eigenvalue weighted by Gasteiger charge is 2.18. The third-order valence-electron chi connectivity index (χ3n) is 6.44. The predicted octanol–water partition coefficient (Wildman–Crippen LogP) is 8.22. The van der Waals surface area contributed by atoms with Crippen LogP contribution in [0.25, 0.3) is 33.5 Å². The Morgan fingerprint density at radius 2 is 1.86 bits per heavy atom. The van der Waals surface area contributed by atoms with Crippen molar-refractivity contribution in [2.45, 2.75) is 13.5 Å². The third kappa shape index (κ3) is 5.53. The molecule has 10 heteroatoms. The number of hydrogen-bond acceptors (Lipinski definition) is 6. The smallest absolute Gasteiger partial charge is 0.282 e. The summed E-state index contributed by atoms with van der Waals surface area (Å²) in [5.74, 6) is 0.876. The number of benzene rings is 4. The Morgan fingerprint density at radius 3 is 2.69 bits per heavy atom. The molecule has 210 valence electrons. The maximum atomic E-state index is 14.1. The van der Waals surface area contributed by atoms with Gasteiger partial charge in [0, 0.05) is 15.4 Å². The molecule has 0 saturated carbocycles. The molecule has 0 fully saturated rings. The first-order valence-electron chi connectivity index (χ1n) is 13.0. The Bertz CT molecular complexity index is 2040. The lowest BCUT2D eigenvalue weighted by Crippen LogP contribution is -2.20. The van der Waals surface area contributed by atoms with Crippen LogP contribution in [0.3, 0.4) is 0 Å². The second kappa shape index (κ2) is 11.8. The normalized spacial score (nSPS) is 11.5. The van der Waals surface area contributed by atoms with Crippen molar-refractivity contribution in [2.24, 2.45) is 5.10 Å². The van der Waals surface area contributed by atoms with Crippen molar-refractivity contribution >= 4 is 55.6 Å². The standard InChI is InChI=1S/C32H22BrClFN3O4/c1-2-40-28-14-19(13-24(34)30(28)41-18-20-7-3-5-9-25(20)35)17-36-38-31(37-26-10-6-4-8-23(26)32(38)39)29-16-21-15-22(33)11-12-27(21)42-29/h3-17H,2,18H2,1H3. The number of fused-ring (bicyclic) bond motifs is 2. The van der Waals surface area contributed by atoms with E-state index in [-0.39, 0.29) is 34.6 Å². The molecule has 0 saturated heterocycles. The molecule has 0 unspecified atom stereocenters. The number of halogens is 3. The molecule has 0 bridgehead atoms. The summed E-state index contributed by atoms with van der Waals surface area (Å²) >= 11 is 10.1. The zero-order chi connectivity index (χ0) is 29.2. The Hall–Kier alpha value is -4.47. The molecule has 6 rings (SSSR count). The first-order valence-corrected chi connectivity index (χ1v) is 14.2. The van der Waals surface area contributed by atoms with Gasteiger partial charge in [-0.25, -0.2) is 9.37 Å². The number of hydrogen-bond donors (Lipinski definition) is 0. The lowest BCUT2D eigenvalue weighted by molar-refractivity contribution is 0.266. The van der Waals surface area contributed by atoms with Gasteiger partial charge in [-0.3, -0.25) is 4.79 Å². The number of rotatable bonds is 8. The van der Waals surface area contributed by atoms with Crippen molar-refractivity contribution < 1.29 is 18.3 Å². The molecule has 0 N–H and O–H groups in total. The van der Waals surface area contributed by atoms with Gasteiger partial charge in [0.1, 0.15) is 18.0 Å². The number of ether oxygens (including phenoxy) is 2. The first-order chi connectivity index (χ1) is 20.4. The van der Waals surface area contributed by atoms with Gasteiger partial charge in [-0.1, -0.05) is 57.9 Å². The molecule has 42 heavy (non-hydrogen) atoms. The van der Waals surface area contributed by atoms with Crippen LogP contribution in [-0.2, 0) is 6.61 Å². The summed E-state index contributed by atoms with van der Waals surface area (Å²) < 4.78 is 33.9. The molecule has 0 aliphatic heterocycles. The molecule has 0 atom stereocenters. The summed E-state index contributed by atoms with van der Waals surface area (Å²) in [6.07, 6.45) is 1.48. The van der Waals surface area contributed by atoms with E-state index in [1.54, 1.807) is 48.5 Å². The summed E-state index contributed by atoms with van der Waals surface area (Å²) in [6.45, 7) is 2.14. The van der Waals surface area contributed by atoms with Gasteiger partial charge in [0.05, 0.1) is 28.7 Å². The Balaban J connectivity index is 1.41. The largest absolute Gasteiger partial charge is 0.490 e. The molecule has 0 aliphatic rings. The number of aromatic nitrogens is 2. The predicted molar refractivity (Wildman–Crippen MR) is 165 cm³/mol. The molecule has 0 amide bonds. The summed E-state index contributed by atoms with van der Waals surface area (Å²) in [5.41, 5.74) is 1.72. The van der Waals surface area contributed by atoms with Gasteiger partial charge in [-0.05, 0) is 67.1 Å². The summed E-state index contributed by atoms with van der Waals surface area (Å²) in [4.78, 5) is 18.3. The van der Waals surface area contributed by atoms with Crippen molar-refractivity contribution in [3.05, 3.63) is 122 Å². The van der Waals surface area contributed by atoms with Gasteiger partial charge in [0.15, 0.2) is 17.3 Å². The monoisotopic (exact) mass is 645 g/mol. The van der Waals surface area contributed by atoms with Crippen molar-refractivity contribution in [2.75, 3.05) is 6.61 Å². The van der Waals surface area contributed by atoms with Crippen molar-refractivity contribution in [3.8, 4) is 23.1 Å². The number of furan rings is 1. The number of nitrogens with zero attached hydrogens (tertiary/aromatic N) is 3. The highest BCUT2D eigenvalue weighted by Crippen LogP contribution is 2.37. The molecule has 0 aliphatic carbocycles. The van der Waals surface area contributed by atoms with Crippen LogP contribution in [-0.4, -0.2) is 22.5 Å². The molecular weight excluding hydrogens is 625 g/mol. The Labute approximate surface area is 252 Å². The summed E-state index contributed by atoms with van der Waals surface area (Å²) in [6, 6.07) is 24.1. The highest BCUT2D eigenvalue weighted by molar-refractivity contribution is 9.10. The molecule has 6 aromatic rings. The van der Waals surface area contributed by atoms with Crippen molar-refractivity contribution in [3.63, 3.8) is 0 Å². The second-order valence-electron chi connectivity index (χ2n) is 9.25. The van der Waals surface area contributed by atoms with Gasteiger partial charge in [0.25, 0.3) is 5.56 Å². The average Bonchev–Trinajstić information content (AvgIpc) is 3.40. The van der Waals surface area contributed by atoms with Crippen LogP contribution in [0, 0.1) is 5.82 Å². The van der Waals surface area contributed by atoms with E-state index in [1.165, 1.54) is 17.0 Å². The zero-order valence-corrected chi connectivity index (χ0v) is 24.5. The van der Waals surface area contributed by atoms with Crippen molar-refractivity contribution in [1.82, 2.24) is 9.66 Å². The lowest BCUT2D eigenvalue weighted by Gasteiger charge is -2.15. The topological polar surface area (TPSA) is 78.9 Å². The third-order valence-corrected chi connectivity index (χ3v) is 7.21. The van der Waals surface area contributed by atoms with Crippen molar-refractivity contribution in [1.29, 1.82) is 0 Å². The van der Waals surface area contributed by atoms with Gasteiger partial charge in [-0.2, -0.15) is 9.78 Å². The maximum Gasteiger partial charge on any atom is 0.282 e. The minimum Gasteiger partial charge on any atom is -0.490 e. The van der Waals surface area contributed by atoms with E-state index in [1.807, 2.05) is 37.3 Å². The van der Waals surface area contributed by atoms with Crippen LogP contribution in [0.4, 0.5) is 4.39 Å². The molecule has 0 spiro atoms. The van der Waals surface area contributed by atoms with E-state index in [0.717, 1.165) is 9.86 Å². The van der Waals surface area contributed by atoms with E-state index >= 15 is 0 Å². The van der Waals surface area contributed by atoms with E-state index in [2.05, 4.69) is 21.0 Å². The second-order valence-corrected chi connectivity index (χ2v) is 10.6. The first kappa shape index (κ1) is 27.7. The maximum absolute atomic E-state index is 14.1. The van der Waals surface area contributed by atoms with Crippen LogP contribution in [0.2, 0.25) is 5.02 Å². The Kier molecular flexibility index (Phi) is 7.78. The van der Waals surface area contributed by atoms with Crippen LogP contribution in [0.15, 0.2) is 104 Å². The molecule has 2 aromatic heterocycles. The van der Waals surface area contributed by atoms with Gasteiger partial charge in [-0.15, -0.1) is 0 Å². The SMILES string of the molecule is CCOc1cc(C=Nn2c(-c3cc4cc(Br)ccc4o3)nc3ccccc3c2=O)cc(Cl)c1OCc1ccccc1F. The van der Waals surface area contributed by atoms with Gasteiger partial charge in [0.2, 0.25) is 5.82 Å². The van der Waals surface area contributed by atoms with Crippen LogP contribution >= 0.6 is 27.5 Å². The molecule has 7 nitrogen and oxygen atoms in total. The molecule has 0 radical (unpaired) electrons. The van der Waals surface area contributed by atoms with E-state index in [4.69, 9.17) is 30.5 Å². The van der Waals surface area contributed by atoms with Crippen LogP contribution in [0.5, 0.6) is 11.5 Å². The molecule has 2 heterocycles. The highest BCUT2D eigenvalue weighted by atomic mass is 79.9. The fourth-order valence-corrected chi connectivity index (χ4v) is 5.12. The quantitative estimate of drug-likeness (QED) is 0.156. The Morgan fingerprint density at radius 1 is 1.05 bits per heavy atom. The summed E-state index contributed by atoms with van der Waals surface area (Å²) in [7, 11) is 0. The van der Waals surface area contributed by atoms with Gasteiger partial charge < -0.3 is 13.9 Å². The molecule has 4 aromatic carbocycles. The number of para-hydroxylation sites is 1. The summed E-state index contributed by atoms with van der Waals surface area (Å²) in [5, 5.41) is 6.00. The minimum absolute atomic E-state index is 0.0323. The minimum atomic E-state index is -0.377.